The van der Waals surface area contributed by atoms with E-state index in [1.165, 1.54) is 5.56 Å². The van der Waals surface area contributed by atoms with E-state index in [0.717, 1.165) is 50.8 Å². The molecule has 1 fully saturated rings. The number of nitrogens with one attached hydrogen (secondary N) is 1. The zero-order valence-electron chi connectivity index (χ0n) is 12.2. The van der Waals surface area contributed by atoms with Gasteiger partial charge in [0.1, 0.15) is 5.82 Å². The predicted octanol–water partition coefficient (Wildman–Crippen LogP) is -0.120. The molecule has 19 heavy (non-hydrogen) atoms. The number of aliphatic hydroxyl groups excluding tert-OH is 1. The Labute approximate surface area is 115 Å². The van der Waals surface area contributed by atoms with Crippen molar-refractivity contribution in [3.63, 3.8) is 0 Å². The Bertz CT molecular complexity index is 409. The third-order valence-corrected chi connectivity index (χ3v) is 3.85. The molecule has 2 N–H and O–H groups in total. The van der Waals surface area contributed by atoms with Gasteiger partial charge in [0.15, 0.2) is 0 Å². The largest absolute Gasteiger partial charge is 0.395 e. The highest BCUT2D eigenvalue weighted by Crippen LogP contribution is 2.20. The molecular weight excluding hydrogens is 242 g/mol. The van der Waals surface area contributed by atoms with Gasteiger partial charge in [-0.05, 0) is 6.92 Å². The Morgan fingerprint density at radius 2 is 1.84 bits per heavy atom. The Hall–Kier alpha value is -1.11. The highest BCUT2D eigenvalue weighted by molar-refractivity contribution is 5.46. The molecule has 0 atom stereocenters. The maximum Gasteiger partial charge on any atom is 0.128 e. The molecule has 6 nitrogen and oxygen atoms in total. The lowest BCUT2D eigenvalue weighted by Crippen LogP contribution is -2.46. The van der Waals surface area contributed by atoms with Crippen molar-refractivity contribution in [1.29, 1.82) is 0 Å². The van der Waals surface area contributed by atoms with Gasteiger partial charge in [0.2, 0.25) is 0 Å². The van der Waals surface area contributed by atoms with Crippen molar-refractivity contribution in [2.75, 3.05) is 51.7 Å². The summed E-state index contributed by atoms with van der Waals surface area (Å²) >= 11 is 0. The van der Waals surface area contributed by atoms with Crippen molar-refractivity contribution in [3.8, 4) is 0 Å². The summed E-state index contributed by atoms with van der Waals surface area (Å²) in [6, 6.07) is 0. The molecular formula is C13H25N5O. The number of hydrogen-bond acceptors (Lipinski definition) is 5. The normalized spacial score (nSPS) is 17.9. The van der Waals surface area contributed by atoms with Gasteiger partial charge in [-0.3, -0.25) is 14.5 Å². The summed E-state index contributed by atoms with van der Waals surface area (Å²) in [4.78, 5) is 4.77. The molecule has 0 bridgehead atoms. The molecule has 108 valence electrons. The van der Waals surface area contributed by atoms with Crippen LogP contribution in [0.1, 0.15) is 11.3 Å². The van der Waals surface area contributed by atoms with Gasteiger partial charge in [-0.25, -0.2) is 0 Å². The fourth-order valence-electron chi connectivity index (χ4n) is 2.74. The number of nitrogens with zero attached hydrogens (tertiary/aromatic N) is 4. The number of piperazine rings is 1. The molecule has 1 aliphatic heterocycles. The minimum absolute atomic E-state index is 0.256. The van der Waals surface area contributed by atoms with Gasteiger partial charge in [0.05, 0.1) is 12.3 Å². The summed E-state index contributed by atoms with van der Waals surface area (Å²) in [5, 5.41) is 16.7. The van der Waals surface area contributed by atoms with Crippen LogP contribution >= 0.6 is 0 Å². The third kappa shape index (κ3) is 3.26. The average molecular weight is 267 g/mol. The predicted molar refractivity (Wildman–Crippen MR) is 76.3 cm³/mol. The summed E-state index contributed by atoms with van der Waals surface area (Å²) in [5.41, 5.74) is 2.39. The molecule has 2 rings (SSSR count). The van der Waals surface area contributed by atoms with Crippen LogP contribution in [0.15, 0.2) is 0 Å². The SMILES string of the molecule is CNc1c(CN2CCN(CCO)CC2)c(C)nn1C. The van der Waals surface area contributed by atoms with E-state index in [4.69, 9.17) is 5.11 Å². The molecule has 1 aromatic rings. The molecule has 0 saturated carbocycles. The Kier molecular flexibility index (Phi) is 4.79. The molecule has 0 aliphatic carbocycles. The van der Waals surface area contributed by atoms with Crippen molar-refractivity contribution in [2.45, 2.75) is 13.5 Å². The highest BCUT2D eigenvalue weighted by Gasteiger charge is 2.20. The first-order valence-corrected chi connectivity index (χ1v) is 6.91. The van der Waals surface area contributed by atoms with E-state index < -0.39 is 0 Å². The molecule has 0 aromatic carbocycles. The first-order chi connectivity index (χ1) is 9.15. The van der Waals surface area contributed by atoms with Crippen LogP contribution in [0.3, 0.4) is 0 Å². The summed E-state index contributed by atoms with van der Waals surface area (Å²) in [6.07, 6.45) is 0. The van der Waals surface area contributed by atoms with E-state index in [0.29, 0.717) is 0 Å². The smallest absolute Gasteiger partial charge is 0.128 e. The number of aromatic nitrogens is 2. The molecule has 1 aromatic heterocycles. The lowest BCUT2D eigenvalue weighted by atomic mass is 10.2. The van der Waals surface area contributed by atoms with Crippen LogP contribution in [0.5, 0.6) is 0 Å². The molecule has 0 spiro atoms. The fourth-order valence-corrected chi connectivity index (χ4v) is 2.74. The van der Waals surface area contributed by atoms with Gasteiger partial charge in [0, 0.05) is 58.9 Å². The van der Waals surface area contributed by atoms with Crippen LogP contribution in [0.25, 0.3) is 0 Å². The summed E-state index contributed by atoms with van der Waals surface area (Å²) in [6.45, 7) is 8.24. The lowest BCUT2D eigenvalue weighted by molar-refractivity contribution is 0.108. The molecule has 2 heterocycles. The first kappa shape index (κ1) is 14.3. The number of rotatable bonds is 5. The third-order valence-electron chi connectivity index (χ3n) is 3.85. The van der Waals surface area contributed by atoms with Crippen LogP contribution < -0.4 is 5.32 Å². The minimum Gasteiger partial charge on any atom is -0.395 e. The molecule has 6 heteroatoms. The zero-order valence-corrected chi connectivity index (χ0v) is 12.2. The van der Waals surface area contributed by atoms with Crippen LogP contribution in [-0.2, 0) is 13.6 Å². The average Bonchev–Trinajstić information content (AvgIpc) is 2.66. The van der Waals surface area contributed by atoms with Gasteiger partial charge >= 0.3 is 0 Å². The van der Waals surface area contributed by atoms with Crippen LogP contribution in [0, 0.1) is 6.92 Å². The fraction of sp³-hybridized carbons (Fsp3) is 0.769. The zero-order chi connectivity index (χ0) is 13.8. The summed E-state index contributed by atoms with van der Waals surface area (Å²) < 4.78 is 1.91. The van der Waals surface area contributed by atoms with E-state index in [2.05, 4.69) is 27.1 Å². The number of aryl methyl sites for hydroxylation is 2. The van der Waals surface area contributed by atoms with E-state index in [9.17, 15) is 0 Å². The van der Waals surface area contributed by atoms with Crippen molar-refractivity contribution >= 4 is 5.82 Å². The lowest BCUT2D eigenvalue weighted by Gasteiger charge is -2.34. The van der Waals surface area contributed by atoms with Crippen LogP contribution in [0.4, 0.5) is 5.82 Å². The second-order valence-electron chi connectivity index (χ2n) is 5.13. The maximum absolute atomic E-state index is 8.95. The van der Waals surface area contributed by atoms with Crippen molar-refractivity contribution in [2.24, 2.45) is 7.05 Å². The van der Waals surface area contributed by atoms with Crippen LogP contribution in [0.2, 0.25) is 0 Å². The van der Waals surface area contributed by atoms with Gasteiger partial charge in [-0.15, -0.1) is 0 Å². The second kappa shape index (κ2) is 6.36. The van der Waals surface area contributed by atoms with E-state index in [1.54, 1.807) is 0 Å². The highest BCUT2D eigenvalue weighted by atomic mass is 16.3. The number of anilines is 1. The minimum atomic E-state index is 0.256. The maximum atomic E-state index is 8.95. The number of hydrogen-bond donors (Lipinski definition) is 2. The standard InChI is InChI=1S/C13H25N5O/c1-11-12(13(14-2)16(3)15-11)10-18-6-4-17(5-7-18)8-9-19/h14,19H,4-10H2,1-3H3. The van der Waals surface area contributed by atoms with Gasteiger partial charge in [-0.1, -0.05) is 0 Å². The summed E-state index contributed by atoms with van der Waals surface area (Å²) in [5.74, 6) is 1.11. The Balaban J connectivity index is 1.96. The molecule has 0 amide bonds. The van der Waals surface area contributed by atoms with Gasteiger partial charge in [-0.2, -0.15) is 5.10 Å². The Morgan fingerprint density at radius 3 is 2.42 bits per heavy atom. The molecule has 1 aliphatic rings. The molecule has 0 unspecified atom stereocenters. The van der Waals surface area contributed by atoms with Gasteiger partial charge < -0.3 is 10.4 Å². The number of β-amino-alcohol motifs (C(OH)–C–C–N with tert-alkyl or cyclic N) is 1. The van der Waals surface area contributed by atoms with E-state index in [1.807, 2.05) is 18.8 Å². The second-order valence-corrected chi connectivity index (χ2v) is 5.13. The van der Waals surface area contributed by atoms with E-state index in [-0.39, 0.29) is 6.61 Å². The Morgan fingerprint density at radius 1 is 1.21 bits per heavy atom. The van der Waals surface area contributed by atoms with E-state index >= 15 is 0 Å². The monoisotopic (exact) mass is 267 g/mol. The van der Waals surface area contributed by atoms with Gasteiger partial charge in [0.25, 0.3) is 0 Å². The van der Waals surface area contributed by atoms with Crippen LogP contribution in [-0.4, -0.2) is 71.1 Å². The molecule has 0 radical (unpaired) electrons. The van der Waals surface area contributed by atoms with Crippen molar-refractivity contribution < 1.29 is 5.11 Å². The number of aliphatic hydroxyl groups is 1. The van der Waals surface area contributed by atoms with Crippen molar-refractivity contribution in [1.82, 2.24) is 19.6 Å². The van der Waals surface area contributed by atoms with Crippen molar-refractivity contribution in [3.05, 3.63) is 11.3 Å². The summed E-state index contributed by atoms with van der Waals surface area (Å²) in [7, 11) is 3.92. The quantitative estimate of drug-likeness (QED) is 0.779. The topological polar surface area (TPSA) is 56.6 Å². The molecule has 1 saturated heterocycles. The first-order valence-electron chi connectivity index (χ1n) is 6.91.